The Morgan fingerprint density at radius 2 is 2.14 bits per heavy atom. The number of rotatable bonds is 7. The number of nitrogens with one attached hydrogen (secondary N) is 1. The summed E-state index contributed by atoms with van der Waals surface area (Å²) in [6.07, 6.45) is 2.23. The van der Waals surface area contributed by atoms with E-state index >= 15 is 0 Å². The van der Waals surface area contributed by atoms with Crippen molar-refractivity contribution in [3.05, 3.63) is 18.2 Å². The number of fused-ring (bicyclic) bond motifs is 1. The lowest BCUT2D eigenvalue weighted by Gasteiger charge is -2.17. The molecule has 0 aliphatic carbocycles. The Labute approximate surface area is 168 Å². The molecule has 2 amide bonds. The van der Waals surface area contributed by atoms with Crippen molar-refractivity contribution in [1.29, 1.82) is 0 Å². The van der Waals surface area contributed by atoms with Crippen molar-refractivity contribution < 1.29 is 18.0 Å². The minimum Gasteiger partial charge on any atom is -0.342 e. The van der Waals surface area contributed by atoms with Crippen molar-refractivity contribution in [1.82, 2.24) is 14.8 Å². The number of sulfone groups is 1. The number of likely N-dealkylation sites (tertiary alicyclic amines) is 1. The second-order valence-electron chi connectivity index (χ2n) is 7.31. The SMILES string of the molecule is CN(C)CCCN1CC(C(=O)Nc2nc3ccc(S(C)(=O)=O)cc3s2)CC1=O. The van der Waals surface area contributed by atoms with Gasteiger partial charge in [0.1, 0.15) is 0 Å². The maximum atomic E-state index is 12.6. The van der Waals surface area contributed by atoms with Crippen LogP contribution in [-0.4, -0.2) is 75.0 Å². The molecule has 1 fully saturated rings. The smallest absolute Gasteiger partial charge is 0.231 e. The van der Waals surface area contributed by atoms with E-state index in [1.165, 1.54) is 17.4 Å². The van der Waals surface area contributed by atoms with Crippen molar-refractivity contribution in [3.63, 3.8) is 0 Å². The van der Waals surface area contributed by atoms with E-state index in [1.807, 2.05) is 14.1 Å². The maximum Gasteiger partial charge on any atom is 0.231 e. The van der Waals surface area contributed by atoms with E-state index in [1.54, 1.807) is 17.0 Å². The molecule has 1 saturated heterocycles. The van der Waals surface area contributed by atoms with E-state index < -0.39 is 15.8 Å². The first-order valence-corrected chi connectivity index (χ1v) is 11.7. The van der Waals surface area contributed by atoms with E-state index in [0.717, 1.165) is 19.2 Å². The second kappa shape index (κ2) is 8.14. The Hall–Kier alpha value is -2.04. The Bertz CT molecular complexity index is 1000. The molecule has 0 spiro atoms. The lowest BCUT2D eigenvalue weighted by molar-refractivity contribution is -0.128. The number of aromatic nitrogens is 1. The molecule has 0 saturated carbocycles. The van der Waals surface area contributed by atoms with E-state index in [2.05, 4.69) is 15.2 Å². The number of nitrogens with zero attached hydrogens (tertiary/aromatic N) is 3. The predicted molar refractivity (Wildman–Crippen MR) is 109 cm³/mol. The summed E-state index contributed by atoms with van der Waals surface area (Å²) in [6, 6.07) is 4.69. The number of carbonyl (C=O) groups excluding carboxylic acids is 2. The van der Waals surface area contributed by atoms with Gasteiger partial charge >= 0.3 is 0 Å². The van der Waals surface area contributed by atoms with Crippen LogP contribution in [0.4, 0.5) is 5.13 Å². The van der Waals surface area contributed by atoms with Crippen molar-refractivity contribution in [2.75, 3.05) is 45.3 Å². The molecule has 1 aliphatic heterocycles. The summed E-state index contributed by atoms with van der Waals surface area (Å²) in [5.74, 6) is -0.627. The first-order chi connectivity index (χ1) is 13.1. The summed E-state index contributed by atoms with van der Waals surface area (Å²) in [6.45, 7) is 1.96. The number of thiazole rings is 1. The van der Waals surface area contributed by atoms with E-state index in [-0.39, 0.29) is 23.1 Å². The molecule has 1 atom stereocenters. The third-order valence-corrected chi connectivity index (χ3v) is 6.68. The lowest BCUT2D eigenvalue weighted by atomic mass is 10.1. The van der Waals surface area contributed by atoms with Gasteiger partial charge in [0.2, 0.25) is 11.8 Å². The van der Waals surface area contributed by atoms with Gasteiger partial charge in [0, 0.05) is 25.8 Å². The van der Waals surface area contributed by atoms with E-state index in [0.29, 0.717) is 28.4 Å². The van der Waals surface area contributed by atoms with Gasteiger partial charge in [-0.15, -0.1) is 0 Å². The Morgan fingerprint density at radius 1 is 1.39 bits per heavy atom. The van der Waals surface area contributed by atoms with Crippen LogP contribution in [-0.2, 0) is 19.4 Å². The number of benzene rings is 1. The van der Waals surface area contributed by atoms with Gasteiger partial charge < -0.3 is 15.1 Å². The fourth-order valence-electron chi connectivity index (χ4n) is 3.14. The second-order valence-corrected chi connectivity index (χ2v) is 10.4. The third-order valence-electron chi connectivity index (χ3n) is 4.64. The molecule has 2 aromatic rings. The van der Waals surface area contributed by atoms with Gasteiger partial charge in [0.25, 0.3) is 0 Å². The lowest BCUT2D eigenvalue weighted by Crippen LogP contribution is -2.30. The number of anilines is 1. The van der Waals surface area contributed by atoms with Gasteiger partial charge in [-0.2, -0.15) is 0 Å². The summed E-state index contributed by atoms with van der Waals surface area (Å²) >= 11 is 1.22. The van der Waals surface area contributed by atoms with Crippen LogP contribution in [0.25, 0.3) is 10.2 Å². The van der Waals surface area contributed by atoms with Crippen molar-refractivity contribution >= 4 is 48.3 Å². The zero-order valence-corrected chi connectivity index (χ0v) is 17.8. The highest BCUT2D eigenvalue weighted by Gasteiger charge is 2.34. The zero-order valence-electron chi connectivity index (χ0n) is 16.1. The Kier molecular flexibility index (Phi) is 6.01. The van der Waals surface area contributed by atoms with Crippen LogP contribution in [0.2, 0.25) is 0 Å². The number of amides is 2. The first kappa shape index (κ1) is 20.7. The highest BCUT2D eigenvalue weighted by Crippen LogP contribution is 2.29. The molecule has 1 aliphatic rings. The molecule has 1 unspecified atom stereocenters. The average Bonchev–Trinajstić information content (AvgIpc) is 3.16. The largest absolute Gasteiger partial charge is 0.342 e. The Balaban J connectivity index is 1.64. The summed E-state index contributed by atoms with van der Waals surface area (Å²) < 4.78 is 24.1. The van der Waals surface area contributed by atoms with E-state index in [9.17, 15) is 18.0 Å². The normalized spacial score (nSPS) is 17.6. The fraction of sp³-hybridized carbons (Fsp3) is 0.500. The third kappa shape index (κ3) is 4.86. The summed E-state index contributed by atoms with van der Waals surface area (Å²) in [5, 5.41) is 3.19. The average molecular weight is 425 g/mol. The quantitative estimate of drug-likeness (QED) is 0.722. The minimum atomic E-state index is -3.30. The van der Waals surface area contributed by atoms with Crippen LogP contribution in [0.15, 0.2) is 23.1 Å². The molecular formula is C18H24N4O4S2. The van der Waals surface area contributed by atoms with Crippen molar-refractivity contribution in [2.24, 2.45) is 5.92 Å². The van der Waals surface area contributed by atoms with Crippen LogP contribution in [0, 0.1) is 5.92 Å². The van der Waals surface area contributed by atoms with Gasteiger partial charge in [-0.25, -0.2) is 13.4 Å². The summed E-state index contributed by atoms with van der Waals surface area (Å²) in [4.78, 5) is 33.1. The standard InChI is InChI=1S/C18H24N4O4S2/c1-21(2)7-4-8-22-11-12(9-16(22)23)17(24)20-18-19-14-6-5-13(28(3,25)26)10-15(14)27-18/h5-6,10,12H,4,7-9,11H2,1-3H3,(H,19,20,24). The highest BCUT2D eigenvalue weighted by molar-refractivity contribution is 7.90. The zero-order chi connectivity index (χ0) is 20.5. The van der Waals surface area contributed by atoms with Crippen LogP contribution in [0.1, 0.15) is 12.8 Å². The van der Waals surface area contributed by atoms with Crippen LogP contribution in [0.3, 0.4) is 0 Å². The highest BCUT2D eigenvalue weighted by atomic mass is 32.2. The van der Waals surface area contributed by atoms with Gasteiger partial charge in [-0.1, -0.05) is 11.3 Å². The summed E-state index contributed by atoms with van der Waals surface area (Å²) in [7, 11) is 0.669. The number of hydrogen-bond donors (Lipinski definition) is 1. The molecular weight excluding hydrogens is 400 g/mol. The molecule has 10 heteroatoms. The number of carbonyl (C=O) groups is 2. The maximum absolute atomic E-state index is 12.6. The monoisotopic (exact) mass is 424 g/mol. The van der Waals surface area contributed by atoms with Gasteiger partial charge in [-0.05, 0) is 45.3 Å². The molecule has 2 heterocycles. The van der Waals surface area contributed by atoms with Crippen LogP contribution >= 0.6 is 11.3 Å². The number of hydrogen-bond acceptors (Lipinski definition) is 7. The molecule has 3 rings (SSSR count). The van der Waals surface area contributed by atoms with Gasteiger partial charge in [0.05, 0.1) is 21.0 Å². The van der Waals surface area contributed by atoms with Gasteiger partial charge in [-0.3, -0.25) is 9.59 Å². The Morgan fingerprint density at radius 3 is 2.82 bits per heavy atom. The molecule has 0 radical (unpaired) electrons. The van der Waals surface area contributed by atoms with Crippen LogP contribution in [0.5, 0.6) is 0 Å². The molecule has 0 bridgehead atoms. The molecule has 1 aromatic heterocycles. The molecule has 1 aromatic carbocycles. The summed E-state index contributed by atoms with van der Waals surface area (Å²) in [5.41, 5.74) is 0.625. The fourth-order valence-corrected chi connectivity index (χ4v) is 4.77. The molecule has 8 nitrogen and oxygen atoms in total. The van der Waals surface area contributed by atoms with Crippen molar-refractivity contribution in [3.8, 4) is 0 Å². The van der Waals surface area contributed by atoms with Gasteiger partial charge in [0.15, 0.2) is 15.0 Å². The van der Waals surface area contributed by atoms with Crippen molar-refractivity contribution in [2.45, 2.75) is 17.7 Å². The molecule has 152 valence electrons. The first-order valence-electron chi connectivity index (χ1n) is 8.97. The predicted octanol–water partition coefficient (Wildman–Crippen LogP) is 1.44. The molecule has 1 N–H and O–H groups in total. The molecule has 28 heavy (non-hydrogen) atoms. The topological polar surface area (TPSA) is 99.7 Å². The van der Waals surface area contributed by atoms with Crippen LogP contribution < -0.4 is 5.32 Å². The minimum absolute atomic E-state index is 0.000926. The van der Waals surface area contributed by atoms with E-state index in [4.69, 9.17) is 0 Å².